The Morgan fingerprint density at radius 3 is 2.33 bits per heavy atom. The highest BCUT2D eigenvalue weighted by molar-refractivity contribution is 6.43. The first-order valence-electron chi connectivity index (χ1n) is 4.04. The minimum absolute atomic E-state index is 0.123. The highest BCUT2D eigenvalue weighted by Crippen LogP contribution is 2.26. The van der Waals surface area contributed by atoms with E-state index >= 15 is 0 Å². The van der Waals surface area contributed by atoms with Crippen molar-refractivity contribution < 1.29 is 8.81 Å². The Labute approximate surface area is 94.8 Å². The third-order valence-electron chi connectivity index (χ3n) is 1.72. The van der Waals surface area contributed by atoms with Gasteiger partial charge < -0.3 is 4.42 Å². The Morgan fingerprint density at radius 2 is 1.80 bits per heavy atom. The van der Waals surface area contributed by atoms with Gasteiger partial charge in [-0.15, -0.1) is 10.2 Å². The van der Waals surface area contributed by atoms with E-state index in [0.29, 0.717) is 5.56 Å². The van der Waals surface area contributed by atoms with E-state index in [1.165, 1.54) is 24.3 Å². The topological polar surface area (TPSA) is 38.9 Å². The van der Waals surface area contributed by atoms with Gasteiger partial charge in [0, 0.05) is 5.56 Å². The molecule has 0 fully saturated rings. The number of hydrogen-bond acceptors (Lipinski definition) is 3. The molecule has 2 aromatic rings. The third-order valence-corrected chi connectivity index (χ3v) is 2.09. The second kappa shape index (κ2) is 4.16. The van der Waals surface area contributed by atoms with Crippen molar-refractivity contribution in [2.24, 2.45) is 0 Å². The van der Waals surface area contributed by atoms with E-state index in [2.05, 4.69) is 10.2 Å². The average molecular weight is 247 g/mol. The Bertz CT molecular complexity index is 455. The van der Waals surface area contributed by atoms with Crippen molar-refractivity contribution in [2.75, 3.05) is 0 Å². The van der Waals surface area contributed by atoms with E-state index in [1.54, 1.807) is 0 Å². The normalized spacial score (nSPS) is 10.9. The van der Waals surface area contributed by atoms with Gasteiger partial charge in [-0.25, -0.2) is 4.39 Å². The Hall–Kier alpha value is -1.13. The zero-order chi connectivity index (χ0) is 10.8. The molecule has 0 aliphatic carbocycles. The lowest BCUT2D eigenvalue weighted by Crippen LogP contribution is -1.79. The lowest BCUT2D eigenvalue weighted by molar-refractivity contribution is 0.523. The van der Waals surface area contributed by atoms with E-state index < -0.39 is 4.84 Å². The quantitative estimate of drug-likeness (QED) is 0.764. The van der Waals surface area contributed by atoms with Gasteiger partial charge in [0.15, 0.2) is 4.84 Å². The summed E-state index contributed by atoms with van der Waals surface area (Å²) in [5, 5.41) is 7.37. The van der Waals surface area contributed by atoms with Crippen LogP contribution in [0.15, 0.2) is 28.7 Å². The zero-order valence-electron chi connectivity index (χ0n) is 7.32. The predicted octanol–water partition coefficient (Wildman–Crippen LogP) is 3.35. The second-order valence-electron chi connectivity index (χ2n) is 2.75. The number of halogens is 3. The molecule has 6 heteroatoms. The van der Waals surface area contributed by atoms with Crippen molar-refractivity contribution in [2.45, 2.75) is 4.84 Å². The van der Waals surface area contributed by atoms with Crippen LogP contribution in [0.25, 0.3) is 11.5 Å². The molecule has 3 nitrogen and oxygen atoms in total. The van der Waals surface area contributed by atoms with Crippen LogP contribution in [0.5, 0.6) is 0 Å². The number of alkyl halides is 2. The number of rotatable bonds is 2. The summed E-state index contributed by atoms with van der Waals surface area (Å²) in [4.78, 5) is -0.855. The molecular formula is C9H5Cl2FN2O. The van der Waals surface area contributed by atoms with Crippen molar-refractivity contribution in [1.82, 2.24) is 10.2 Å². The summed E-state index contributed by atoms with van der Waals surface area (Å²) in [6.07, 6.45) is 0. The smallest absolute Gasteiger partial charge is 0.249 e. The first-order valence-corrected chi connectivity index (χ1v) is 4.91. The standard InChI is InChI=1S/C9H5Cl2FN2O/c10-7(11)9-14-13-8(15-9)5-1-3-6(12)4-2-5/h1-4,7H. The van der Waals surface area contributed by atoms with Crippen LogP contribution in [0.4, 0.5) is 4.39 Å². The minimum atomic E-state index is -0.855. The summed E-state index contributed by atoms with van der Waals surface area (Å²) in [5.74, 6) is 0.0556. The predicted molar refractivity (Wildman–Crippen MR) is 54.1 cm³/mol. The fourth-order valence-corrected chi connectivity index (χ4v) is 1.21. The van der Waals surface area contributed by atoms with Crippen LogP contribution >= 0.6 is 23.2 Å². The van der Waals surface area contributed by atoms with Gasteiger partial charge in [0.1, 0.15) is 5.82 Å². The first kappa shape index (κ1) is 10.4. The van der Waals surface area contributed by atoms with Gasteiger partial charge in [-0.3, -0.25) is 0 Å². The highest BCUT2D eigenvalue weighted by Gasteiger charge is 2.13. The van der Waals surface area contributed by atoms with Crippen LogP contribution in [-0.2, 0) is 0 Å². The molecule has 1 aromatic carbocycles. The molecule has 0 aliphatic rings. The lowest BCUT2D eigenvalue weighted by Gasteiger charge is -1.94. The summed E-state index contributed by atoms with van der Waals surface area (Å²) in [7, 11) is 0. The molecule has 0 radical (unpaired) electrons. The SMILES string of the molecule is Fc1ccc(-c2nnc(C(Cl)Cl)o2)cc1. The molecule has 0 saturated heterocycles. The van der Waals surface area contributed by atoms with Crippen molar-refractivity contribution in [3.8, 4) is 11.5 Å². The number of aromatic nitrogens is 2. The minimum Gasteiger partial charge on any atom is -0.418 e. The van der Waals surface area contributed by atoms with Crippen LogP contribution in [0, 0.1) is 5.82 Å². The third kappa shape index (κ3) is 2.27. The molecule has 0 unspecified atom stereocenters. The van der Waals surface area contributed by atoms with Crippen LogP contribution in [0.1, 0.15) is 10.7 Å². The second-order valence-corrected chi connectivity index (χ2v) is 3.85. The van der Waals surface area contributed by atoms with Crippen molar-refractivity contribution >= 4 is 23.2 Å². The number of hydrogen-bond donors (Lipinski definition) is 0. The van der Waals surface area contributed by atoms with E-state index in [0.717, 1.165) is 0 Å². The number of nitrogens with zero attached hydrogens (tertiary/aromatic N) is 2. The van der Waals surface area contributed by atoms with Gasteiger partial charge in [0.05, 0.1) is 0 Å². The molecular weight excluding hydrogens is 242 g/mol. The van der Waals surface area contributed by atoms with E-state index in [1.807, 2.05) is 0 Å². The molecule has 0 bridgehead atoms. The van der Waals surface area contributed by atoms with Crippen molar-refractivity contribution in [3.05, 3.63) is 36.0 Å². The molecule has 1 aromatic heterocycles. The maximum absolute atomic E-state index is 12.6. The molecule has 0 N–H and O–H groups in total. The molecule has 0 spiro atoms. The van der Waals surface area contributed by atoms with E-state index in [-0.39, 0.29) is 17.6 Å². The molecule has 1 heterocycles. The summed E-state index contributed by atoms with van der Waals surface area (Å²) in [6, 6.07) is 5.67. The van der Waals surface area contributed by atoms with Crippen LogP contribution < -0.4 is 0 Å². The van der Waals surface area contributed by atoms with Gasteiger partial charge in [-0.1, -0.05) is 23.2 Å². The molecule has 2 rings (SSSR count). The largest absolute Gasteiger partial charge is 0.418 e. The maximum Gasteiger partial charge on any atom is 0.249 e. The maximum atomic E-state index is 12.6. The van der Waals surface area contributed by atoms with Gasteiger partial charge >= 0.3 is 0 Å². The van der Waals surface area contributed by atoms with Crippen LogP contribution in [0.2, 0.25) is 0 Å². The monoisotopic (exact) mass is 246 g/mol. The van der Waals surface area contributed by atoms with Crippen LogP contribution in [0.3, 0.4) is 0 Å². The Kier molecular flexibility index (Phi) is 2.88. The summed E-state index contributed by atoms with van der Waals surface area (Å²) in [6.45, 7) is 0. The molecule has 0 saturated carbocycles. The van der Waals surface area contributed by atoms with Crippen LogP contribution in [-0.4, -0.2) is 10.2 Å². The summed E-state index contributed by atoms with van der Waals surface area (Å²) < 4.78 is 17.8. The van der Waals surface area contributed by atoms with Gasteiger partial charge in [0.25, 0.3) is 0 Å². The first-order chi connectivity index (χ1) is 7.16. The Balaban J connectivity index is 2.33. The average Bonchev–Trinajstić information content (AvgIpc) is 2.68. The summed E-state index contributed by atoms with van der Waals surface area (Å²) in [5.41, 5.74) is 0.615. The summed E-state index contributed by atoms with van der Waals surface area (Å²) >= 11 is 11.1. The molecule has 0 atom stereocenters. The van der Waals surface area contributed by atoms with Gasteiger partial charge in [0.2, 0.25) is 11.8 Å². The highest BCUT2D eigenvalue weighted by atomic mass is 35.5. The van der Waals surface area contributed by atoms with E-state index in [9.17, 15) is 4.39 Å². The molecule has 0 amide bonds. The fourth-order valence-electron chi connectivity index (χ4n) is 1.03. The molecule has 78 valence electrons. The molecule has 15 heavy (non-hydrogen) atoms. The van der Waals surface area contributed by atoms with Gasteiger partial charge in [-0.2, -0.15) is 0 Å². The van der Waals surface area contributed by atoms with Gasteiger partial charge in [-0.05, 0) is 24.3 Å². The Morgan fingerprint density at radius 1 is 1.13 bits per heavy atom. The lowest BCUT2D eigenvalue weighted by atomic mass is 10.2. The number of benzene rings is 1. The van der Waals surface area contributed by atoms with E-state index in [4.69, 9.17) is 27.6 Å². The molecule has 0 aliphatic heterocycles. The zero-order valence-corrected chi connectivity index (χ0v) is 8.84. The van der Waals surface area contributed by atoms with Crippen molar-refractivity contribution in [1.29, 1.82) is 0 Å². The van der Waals surface area contributed by atoms with Crippen molar-refractivity contribution in [3.63, 3.8) is 0 Å². The fraction of sp³-hybridized carbons (Fsp3) is 0.111.